The highest BCUT2D eigenvalue weighted by Crippen LogP contribution is 2.28. The van der Waals surface area contributed by atoms with Gasteiger partial charge in [-0.25, -0.2) is 19.9 Å². The number of nitrogens with zero attached hydrogens (tertiary/aromatic N) is 5. The third kappa shape index (κ3) is 2.91. The van der Waals surface area contributed by atoms with E-state index in [1.54, 1.807) is 17.7 Å². The van der Waals surface area contributed by atoms with Crippen molar-refractivity contribution in [1.29, 1.82) is 0 Å². The fourth-order valence-corrected chi connectivity index (χ4v) is 3.90. The van der Waals surface area contributed by atoms with E-state index < -0.39 is 0 Å². The SMILES string of the molecule is Cc1cnc(CN2CCC(c3nc(N)c4[nH]cnc4n3)CC2)s1. The Hall–Kier alpha value is -2.06. The fraction of sp³-hybridized carbons (Fsp3) is 0.467. The van der Waals surface area contributed by atoms with Crippen LogP contribution in [0.5, 0.6) is 0 Å². The topological polar surface area (TPSA) is 96.6 Å². The molecule has 0 atom stereocenters. The predicted molar refractivity (Wildman–Crippen MR) is 90.2 cm³/mol. The van der Waals surface area contributed by atoms with Crippen LogP contribution in [0.2, 0.25) is 0 Å². The largest absolute Gasteiger partial charge is 0.382 e. The zero-order valence-corrected chi connectivity index (χ0v) is 13.8. The van der Waals surface area contributed by atoms with E-state index in [1.807, 2.05) is 6.20 Å². The molecular formula is C15H19N7S. The van der Waals surface area contributed by atoms with E-state index in [0.717, 1.165) is 43.8 Å². The number of aromatic amines is 1. The highest BCUT2D eigenvalue weighted by Gasteiger charge is 2.24. The van der Waals surface area contributed by atoms with Crippen molar-refractivity contribution in [1.82, 2.24) is 29.8 Å². The number of nitrogens with two attached hydrogens (primary N) is 1. The second kappa shape index (κ2) is 5.86. The summed E-state index contributed by atoms with van der Waals surface area (Å²) in [7, 11) is 0. The van der Waals surface area contributed by atoms with E-state index in [0.29, 0.717) is 17.4 Å². The fourth-order valence-electron chi connectivity index (χ4n) is 3.07. The summed E-state index contributed by atoms with van der Waals surface area (Å²) in [5, 5.41) is 1.19. The van der Waals surface area contributed by atoms with Crippen molar-refractivity contribution >= 4 is 28.3 Å². The number of nitrogen functional groups attached to an aromatic ring is 1. The van der Waals surface area contributed by atoms with E-state index in [4.69, 9.17) is 5.73 Å². The lowest BCUT2D eigenvalue weighted by molar-refractivity contribution is 0.201. The highest BCUT2D eigenvalue weighted by molar-refractivity contribution is 7.11. The van der Waals surface area contributed by atoms with Crippen molar-refractivity contribution in [3.63, 3.8) is 0 Å². The lowest BCUT2D eigenvalue weighted by Crippen LogP contribution is -2.33. The molecule has 0 bridgehead atoms. The van der Waals surface area contributed by atoms with Gasteiger partial charge in [-0.1, -0.05) is 0 Å². The first-order valence-corrected chi connectivity index (χ1v) is 8.61. The van der Waals surface area contributed by atoms with Crippen molar-refractivity contribution in [2.24, 2.45) is 0 Å². The summed E-state index contributed by atoms with van der Waals surface area (Å²) >= 11 is 1.78. The molecule has 0 radical (unpaired) electrons. The number of hydrogen-bond acceptors (Lipinski definition) is 7. The molecule has 0 amide bonds. The number of piperidine rings is 1. The van der Waals surface area contributed by atoms with Gasteiger partial charge in [0.15, 0.2) is 11.5 Å². The van der Waals surface area contributed by atoms with E-state index in [2.05, 4.69) is 36.7 Å². The van der Waals surface area contributed by atoms with Gasteiger partial charge in [-0.05, 0) is 32.9 Å². The van der Waals surface area contributed by atoms with Crippen LogP contribution in [-0.4, -0.2) is 42.9 Å². The maximum Gasteiger partial charge on any atom is 0.183 e. The Kier molecular flexibility index (Phi) is 3.70. The maximum atomic E-state index is 6.00. The molecule has 7 nitrogen and oxygen atoms in total. The van der Waals surface area contributed by atoms with Crippen LogP contribution in [0, 0.1) is 6.92 Å². The molecular weight excluding hydrogens is 310 g/mol. The Morgan fingerprint density at radius 3 is 2.87 bits per heavy atom. The molecule has 0 unspecified atom stereocenters. The summed E-state index contributed by atoms with van der Waals surface area (Å²) in [4.78, 5) is 24.4. The average Bonchev–Trinajstić information content (AvgIpc) is 3.17. The van der Waals surface area contributed by atoms with Crippen molar-refractivity contribution in [3.05, 3.63) is 28.2 Å². The molecule has 1 fully saturated rings. The van der Waals surface area contributed by atoms with Crippen molar-refractivity contribution in [2.75, 3.05) is 18.8 Å². The second-order valence-corrected chi connectivity index (χ2v) is 7.30. The first-order chi connectivity index (χ1) is 11.2. The number of aryl methyl sites for hydroxylation is 1. The Morgan fingerprint density at radius 2 is 2.13 bits per heavy atom. The normalized spacial score (nSPS) is 17.1. The number of aromatic nitrogens is 5. The summed E-state index contributed by atoms with van der Waals surface area (Å²) in [5.41, 5.74) is 7.39. The Morgan fingerprint density at radius 1 is 1.30 bits per heavy atom. The zero-order valence-electron chi connectivity index (χ0n) is 13.0. The van der Waals surface area contributed by atoms with Gasteiger partial charge in [0.1, 0.15) is 16.3 Å². The molecule has 0 aliphatic carbocycles. The molecule has 0 saturated carbocycles. The van der Waals surface area contributed by atoms with Crippen LogP contribution >= 0.6 is 11.3 Å². The molecule has 23 heavy (non-hydrogen) atoms. The molecule has 0 spiro atoms. The summed E-state index contributed by atoms with van der Waals surface area (Å²) < 4.78 is 0. The summed E-state index contributed by atoms with van der Waals surface area (Å²) in [6, 6.07) is 0. The Labute approximate surface area is 138 Å². The van der Waals surface area contributed by atoms with Gasteiger partial charge in [0.25, 0.3) is 0 Å². The number of nitrogens with one attached hydrogen (secondary N) is 1. The molecule has 1 aliphatic rings. The molecule has 3 N–H and O–H groups in total. The minimum absolute atomic E-state index is 0.354. The van der Waals surface area contributed by atoms with Crippen LogP contribution in [0.4, 0.5) is 5.82 Å². The zero-order chi connectivity index (χ0) is 15.8. The van der Waals surface area contributed by atoms with Crippen LogP contribution in [0.25, 0.3) is 11.2 Å². The molecule has 1 aliphatic heterocycles. The van der Waals surface area contributed by atoms with Gasteiger partial charge in [-0.3, -0.25) is 4.90 Å². The van der Waals surface area contributed by atoms with Gasteiger partial charge < -0.3 is 10.7 Å². The van der Waals surface area contributed by atoms with Crippen molar-refractivity contribution in [3.8, 4) is 0 Å². The molecule has 3 aromatic heterocycles. The number of likely N-dealkylation sites (tertiary alicyclic amines) is 1. The number of rotatable bonds is 3. The Balaban J connectivity index is 1.44. The minimum Gasteiger partial charge on any atom is -0.382 e. The van der Waals surface area contributed by atoms with Crippen LogP contribution < -0.4 is 5.73 Å². The first kappa shape index (κ1) is 14.5. The lowest BCUT2D eigenvalue weighted by Gasteiger charge is -2.30. The number of anilines is 1. The summed E-state index contributed by atoms with van der Waals surface area (Å²) in [6.07, 6.45) is 5.64. The van der Waals surface area contributed by atoms with Gasteiger partial charge in [-0.2, -0.15) is 0 Å². The number of thiazole rings is 1. The molecule has 4 rings (SSSR count). The molecule has 1 saturated heterocycles. The van der Waals surface area contributed by atoms with Crippen molar-refractivity contribution < 1.29 is 0 Å². The third-order valence-electron chi connectivity index (χ3n) is 4.31. The summed E-state index contributed by atoms with van der Waals surface area (Å²) in [5.74, 6) is 1.67. The third-order valence-corrected chi connectivity index (χ3v) is 5.21. The quantitative estimate of drug-likeness (QED) is 0.763. The van der Waals surface area contributed by atoms with Crippen LogP contribution in [0.1, 0.15) is 34.5 Å². The van der Waals surface area contributed by atoms with Crippen LogP contribution in [0.3, 0.4) is 0 Å². The van der Waals surface area contributed by atoms with Gasteiger partial charge in [0, 0.05) is 17.0 Å². The number of hydrogen-bond donors (Lipinski definition) is 2. The number of H-pyrrole nitrogens is 1. The second-order valence-electron chi connectivity index (χ2n) is 5.98. The standard InChI is InChI=1S/C15H19N7S/c1-9-6-17-11(23-9)7-22-4-2-10(3-5-22)14-20-13(16)12-15(21-14)19-8-18-12/h6,8,10H,2-5,7H2,1H3,(H3,16,18,19,20,21). The van der Waals surface area contributed by atoms with E-state index >= 15 is 0 Å². The average molecular weight is 329 g/mol. The molecule has 120 valence electrons. The lowest BCUT2D eigenvalue weighted by atomic mass is 9.96. The van der Waals surface area contributed by atoms with Crippen LogP contribution in [0.15, 0.2) is 12.5 Å². The van der Waals surface area contributed by atoms with Crippen molar-refractivity contribution in [2.45, 2.75) is 32.2 Å². The Bertz CT molecular complexity index is 816. The monoisotopic (exact) mass is 329 g/mol. The van der Waals surface area contributed by atoms with E-state index in [-0.39, 0.29) is 0 Å². The van der Waals surface area contributed by atoms with E-state index in [1.165, 1.54) is 9.88 Å². The molecule has 3 aromatic rings. The van der Waals surface area contributed by atoms with Gasteiger partial charge in [-0.15, -0.1) is 11.3 Å². The minimum atomic E-state index is 0.354. The molecule has 4 heterocycles. The number of imidazole rings is 1. The predicted octanol–water partition coefficient (Wildman–Crippen LogP) is 2.08. The maximum absolute atomic E-state index is 6.00. The van der Waals surface area contributed by atoms with Crippen LogP contribution in [-0.2, 0) is 6.54 Å². The first-order valence-electron chi connectivity index (χ1n) is 7.79. The molecule has 8 heteroatoms. The summed E-state index contributed by atoms with van der Waals surface area (Å²) in [6.45, 7) is 5.10. The van der Waals surface area contributed by atoms with Gasteiger partial charge in [0.2, 0.25) is 0 Å². The van der Waals surface area contributed by atoms with E-state index in [9.17, 15) is 0 Å². The smallest absolute Gasteiger partial charge is 0.183 e. The molecule has 0 aromatic carbocycles. The number of fused-ring (bicyclic) bond motifs is 1. The van der Waals surface area contributed by atoms with Gasteiger partial charge >= 0.3 is 0 Å². The highest BCUT2D eigenvalue weighted by atomic mass is 32.1. The van der Waals surface area contributed by atoms with Gasteiger partial charge in [0.05, 0.1) is 12.9 Å².